The molecule has 0 spiro atoms. The second kappa shape index (κ2) is 6.81. The Balaban J connectivity index is 1.64. The number of carbonyl (C=O) groups excluding carboxylic acids is 2. The molecule has 23 heavy (non-hydrogen) atoms. The third kappa shape index (κ3) is 3.70. The summed E-state index contributed by atoms with van der Waals surface area (Å²) >= 11 is 0. The van der Waals surface area contributed by atoms with Gasteiger partial charge in [0.15, 0.2) is 0 Å². The van der Waals surface area contributed by atoms with Gasteiger partial charge in [0.2, 0.25) is 11.8 Å². The molecular weight excluding hydrogens is 292 g/mol. The summed E-state index contributed by atoms with van der Waals surface area (Å²) in [5.41, 5.74) is 1.83. The SMILES string of the molecule is CC(=O)NC(C(=O)NCc1nc2ccccc2[nH]1)C1CCCC1. The van der Waals surface area contributed by atoms with Crippen molar-refractivity contribution in [3.8, 4) is 0 Å². The van der Waals surface area contributed by atoms with Crippen molar-refractivity contribution in [2.24, 2.45) is 5.92 Å². The van der Waals surface area contributed by atoms with Crippen molar-refractivity contribution < 1.29 is 9.59 Å². The maximum Gasteiger partial charge on any atom is 0.243 e. The van der Waals surface area contributed by atoms with Crippen LogP contribution >= 0.6 is 0 Å². The van der Waals surface area contributed by atoms with Crippen molar-refractivity contribution >= 4 is 22.8 Å². The average Bonchev–Trinajstić information content (AvgIpc) is 3.18. The second-order valence-electron chi connectivity index (χ2n) is 6.14. The van der Waals surface area contributed by atoms with Gasteiger partial charge < -0.3 is 15.6 Å². The van der Waals surface area contributed by atoms with E-state index in [1.165, 1.54) is 6.92 Å². The quantitative estimate of drug-likeness (QED) is 0.787. The van der Waals surface area contributed by atoms with Gasteiger partial charge in [-0.15, -0.1) is 0 Å². The number of nitrogens with one attached hydrogen (secondary N) is 3. The van der Waals surface area contributed by atoms with Gasteiger partial charge in [0.05, 0.1) is 17.6 Å². The van der Waals surface area contributed by atoms with Crippen LogP contribution in [0.2, 0.25) is 0 Å². The highest BCUT2D eigenvalue weighted by molar-refractivity contribution is 5.87. The number of benzene rings is 1. The Morgan fingerprint density at radius 1 is 1.30 bits per heavy atom. The van der Waals surface area contributed by atoms with Crippen LogP contribution in [0.15, 0.2) is 24.3 Å². The first-order chi connectivity index (χ1) is 11.1. The number of imidazole rings is 1. The van der Waals surface area contributed by atoms with Crippen LogP contribution in [0.4, 0.5) is 0 Å². The van der Waals surface area contributed by atoms with E-state index < -0.39 is 6.04 Å². The lowest BCUT2D eigenvalue weighted by atomic mass is 9.97. The summed E-state index contributed by atoms with van der Waals surface area (Å²) in [5, 5.41) is 5.70. The van der Waals surface area contributed by atoms with E-state index in [2.05, 4.69) is 20.6 Å². The number of para-hydroxylation sites is 2. The van der Waals surface area contributed by atoms with Gasteiger partial charge in [0, 0.05) is 6.92 Å². The van der Waals surface area contributed by atoms with E-state index in [0.29, 0.717) is 12.4 Å². The molecule has 6 nitrogen and oxygen atoms in total. The summed E-state index contributed by atoms with van der Waals surface area (Å²) in [6, 6.07) is 7.30. The molecule has 1 aromatic carbocycles. The average molecular weight is 314 g/mol. The van der Waals surface area contributed by atoms with Crippen molar-refractivity contribution in [1.82, 2.24) is 20.6 Å². The summed E-state index contributed by atoms with van der Waals surface area (Å²) in [6.07, 6.45) is 4.22. The number of rotatable bonds is 5. The zero-order chi connectivity index (χ0) is 16.2. The fraction of sp³-hybridized carbons (Fsp3) is 0.471. The Hall–Kier alpha value is -2.37. The van der Waals surface area contributed by atoms with Crippen LogP contribution in [0.5, 0.6) is 0 Å². The minimum absolute atomic E-state index is 0.132. The molecule has 0 aliphatic heterocycles. The molecular formula is C17H22N4O2. The van der Waals surface area contributed by atoms with Crippen LogP contribution in [0.25, 0.3) is 11.0 Å². The molecule has 1 heterocycles. The summed E-state index contributed by atoms with van der Waals surface area (Å²) in [7, 11) is 0. The molecule has 0 bridgehead atoms. The Morgan fingerprint density at radius 3 is 2.74 bits per heavy atom. The molecule has 1 fully saturated rings. The molecule has 1 aliphatic carbocycles. The lowest BCUT2D eigenvalue weighted by Gasteiger charge is -2.23. The number of amides is 2. The lowest BCUT2D eigenvalue weighted by Crippen LogP contribution is -2.49. The minimum Gasteiger partial charge on any atom is -0.347 e. The predicted octanol–water partition coefficient (Wildman–Crippen LogP) is 1.87. The monoisotopic (exact) mass is 314 g/mol. The van der Waals surface area contributed by atoms with E-state index in [9.17, 15) is 9.59 Å². The Morgan fingerprint density at radius 2 is 2.04 bits per heavy atom. The van der Waals surface area contributed by atoms with Crippen molar-refractivity contribution in [3.05, 3.63) is 30.1 Å². The number of carbonyl (C=O) groups is 2. The van der Waals surface area contributed by atoms with Crippen molar-refractivity contribution in [2.75, 3.05) is 0 Å². The van der Waals surface area contributed by atoms with E-state index in [4.69, 9.17) is 0 Å². The molecule has 122 valence electrons. The number of aromatic nitrogens is 2. The van der Waals surface area contributed by atoms with Gasteiger partial charge in [-0.25, -0.2) is 4.98 Å². The highest BCUT2D eigenvalue weighted by Gasteiger charge is 2.31. The van der Waals surface area contributed by atoms with E-state index in [1.807, 2.05) is 24.3 Å². The van der Waals surface area contributed by atoms with Crippen molar-refractivity contribution in [2.45, 2.75) is 45.2 Å². The molecule has 3 N–H and O–H groups in total. The van der Waals surface area contributed by atoms with Crippen LogP contribution in [0.1, 0.15) is 38.4 Å². The highest BCUT2D eigenvalue weighted by Crippen LogP contribution is 2.28. The molecule has 2 aromatic rings. The maximum atomic E-state index is 12.5. The van der Waals surface area contributed by atoms with Crippen LogP contribution < -0.4 is 10.6 Å². The van der Waals surface area contributed by atoms with E-state index in [0.717, 1.165) is 36.7 Å². The fourth-order valence-corrected chi connectivity index (χ4v) is 3.28. The van der Waals surface area contributed by atoms with E-state index in [1.54, 1.807) is 0 Å². The van der Waals surface area contributed by atoms with Gasteiger partial charge in [0.1, 0.15) is 11.9 Å². The Bertz CT molecular complexity index is 670. The van der Waals surface area contributed by atoms with Gasteiger partial charge in [-0.3, -0.25) is 9.59 Å². The number of nitrogens with zero attached hydrogens (tertiary/aromatic N) is 1. The molecule has 1 aliphatic rings. The number of H-pyrrole nitrogens is 1. The lowest BCUT2D eigenvalue weighted by molar-refractivity contribution is -0.129. The number of fused-ring (bicyclic) bond motifs is 1. The van der Waals surface area contributed by atoms with Crippen LogP contribution in [-0.4, -0.2) is 27.8 Å². The first kappa shape index (κ1) is 15.5. The third-order valence-corrected chi connectivity index (χ3v) is 4.38. The highest BCUT2D eigenvalue weighted by atomic mass is 16.2. The third-order valence-electron chi connectivity index (χ3n) is 4.38. The summed E-state index contributed by atoms with van der Waals surface area (Å²) < 4.78 is 0. The molecule has 2 amide bonds. The molecule has 0 saturated heterocycles. The van der Waals surface area contributed by atoms with Crippen LogP contribution in [0, 0.1) is 5.92 Å². The molecule has 3 rings (SSSR count). The number of aromatic amines is 1. The summed E-state index contributed by atoms with van der Waals surface area (Å²) in [4.78, 5) is 31.5. The molecule has 1 aromatic heterocycles. The van der Waals surface area contributed by atoms with Crippen molar-refractivity contribution in [1.29, 1.82) is 0 Å². The first-order valence-electron chi connectivity index (χ1n) is 8.12. The zero-order valence-electron chi connectivity index (χ0n) is 13.3. The maximum absolute atomic E-state index is 12.5. The van der Waals surface area contributed by atoms with Gasteiger partial charge in [-0.05, 0) is 30.9 Å². The van der Waals surface area contributed by atoms with E-state index in [-0.39, 0.29) is 17.7 Å². The van der Waals surface area contributed by atoms with Gasteiger partial charge in [-0.1, -0.05) is 25.0 Å². The number of hydrogen-bond acceptors (Lipinski definition) is 3. The van der Waals surface area contributed by atoms with Gasteiger partial charge >= 0.3 is 0 Å². The molecule has 1 atom stereocenters. The zero-order valence-corrected chi connectivity index (χ0v) is 13.3. The topological polar surface area (TPSA) is 86.9 Å². The fourth-order valence-electron chi connectivity index (χ4n) is 3.28. The summed E-state index contributed by atoms with van der Waals surface area (Å²) in [5.74, 6) is 0.649. The van der Waals surface area contributed by atoms with Crippen LogP contribution in [-0.2, 0) is 16.1 Å². The predicted molar refractivity (Wildman–Crippen MR) is 87.5 cm³/mol. The van der Waals surface area contributed by atoms with E-state index >= 15 is 0 Å². The largest absolute Gasteiger partial charge is 0.347 e. The molecule has 6 heteroatoms. The Kier molecular flexibility index (Phi) is 4.60. The summed E-state index contributed by atoms with van der Waals surface area (Å²) in [6.45, 7) is 1.78. The first-order valence-corrected chi connectivity index (χ1v) is 8.12. The molecule has 0 radical (unpaired) electrons. The smallest absolute Gasteiger partial charge is 0.243 e. The molecule has 1 unspecified atom stereocenters. The normalized spacial score (nSPS) is 16.4. The number of hydrogen-bond donors (Lipinski definition) is 3. The van der Waals surface area contributed by atoms with Crippen LogP contribution in [0.3, 0.4) is 0 Å². The molecule has 1 saturated carbocycles. The Labute approximate surface area is 135 Å². The second-order valence-corrected chi connectivity index (χ2v) is 6.14. The van der Waals surface area contributed by atoms with Crippen molar-refractivity contribution in [3.63, 3.8) is 0 Å². The van der Waals surface area contributed by atoms with Gasteiger partial charge in [0.25, 0.3) is 0 Å². The standard InChI is InChI=1S/C17H22N4O2/c1-11(22)19-16(12-6-2-3-7-12)17(23)18-10-15-20-13-8-4-5-9-14(13)21-15/h4-5,8-9,12,16H,2-3,6-7,10H2,1H3,(H,18,23)(H,19,22)(H,20,21). The van der Waals surface area contributed by atoms with Gasteiger partial charge in [-0.2, -0.15) is 0 Å². The minimum atomic E-state index is -0.445.